The van der Waals surface area contributed by atoms with Gasteiger partial charge in [-0.3, -0.25) is 4.79 Å². The Morgan fingerprint density at radius 3 is 2.26 bits per heavy atom. The number of carbonyl (C=O) groups excluding carboxylic acids is 1. The minimum Gasteiger partial charge on any atom is -0.483 e. The molecule has 0 aromatic heterocycles. The molecule has 0 bridgehead atoms. The van der Waals surface area contributed by atoms with Gasteiger partial charge < -0.3 is 10.1 Å². The molecule has 1 aromatic carbocycles. The van der Waals surface area contributed by atoms with E-state index in [0.29, 0.717) is 11.3 Å². The smallest absolute Gasteiger partial charge is 0.258 e. The number of ether oxygens (including phenoxy) is 1. The van der Waals surface area contributed by atoms with Crippen LogP contribution in [0.15, 0.2) is 12.1 Å². The van der Waals surface area contributed by atoms with Gasteiger partial charge in [-0.05, 0) is 57.9 Å². The molecule has 102 valence electrons. The third-order valence-electron chi connectivity index (χ3n) is 2.45. The average Bonchev–Trinajstić information content (AvgIpc) is 2.25. The molecule has 0 fully saturated rings. The summed E-state index contributed by atoms with van der Waals surface area (Å²) in [7, 11) is 0. The molecule has 1 rings (SSSR count). The maximum atomic E-state index is 11.7. The van der Waals surface area contributed by atoms with Crippen LogP contribution in [-0.4, -0.2) is 18.1 Å². The van der Waals surface area contributed by atoms with Gasteiger partial charge in [0.15, 0.2) is 6.61 Å². The van der Waals surface area contributed by atoms with Crippen LogP contribution in [0.1, 0.15) is 37.5 Å². The summed E-state index contributed by atoms with van der Waals surface area (Å²) in [4.78, 5) is 11.7. The summed E-state index contributed by atoms with van der Waals surface area (Å²) in [5.74, 6) is 0.513. The topological polar surface area (TPSA) is 62.1 Å². The third kappa shape index (κ3) is 4.63. The minimum atomic E-state index is -0.269. The van der Waals surface area contributed by atoms with Crippen molar-refractivity contribution in [1.82, 2.24) is 5.32 Å². The van der Waals surface area contributed by atoms with Gasteiger partial charge in [0.25, 0.3) is 5.91 Å². The first-order valence-corrected chi connectivity index (χ1v) is 6.18. The second-order valence-corrected chi connectivity index (χ2v) is 5.64. The van der Waals surface area contributed by atoms with E-state index in [1.807, 2.05) is 34.6 Å². The van der Waals surface area contributed by atoms with E-state index in [1.165, 1.54) is 0 Å². The van der Waals surface area contributed by atoms with E-state index in [0.717, 1.165) is 11.1 Å². The number of carbonyl (C=O) groups is 1. The first kappa shape index (κ1) is 15.0. The predicted octanol–water partition coefficient (Wildman–Crippen LogP) is 2.47. The van der Waals surface area contributed by atoms with Crippen molar-refractivity contribution in [2.24, 2.45) is 0 Å². The van der Waals surface area contributed by atoms with Crippen molar-refractivity contribution in [3.63, 3.8) is 0 Å². The third-order valence-corrected chi connectivity index (χ3v) is 2.45. The van der Waals surface area contributed by atoms with E-state index in [2.05, 4.69) is 11.4 Å². The molecule has 0 saturated heterocycles. The number of nitrogens with one attached hydrogen (secondary N) is 1. The number of amides is 1. The number of benzene rings is 1. The maximum absolute atomic E-state index is 11.7. The number of hydrogen-bond acceptors (Lipinski definition) is 3. The van der Waals surface area contributed by atoms with Gasteiger partial charge in [0.2, 0.25) is 0 Å². The lowest BCUT2D eigenvalue weighted by Crippen LogP contribution is -2.43. The summed E-state index contributed by atoms with van der Waals surface area (Å²) in [6, 6.07) is 5.60. The molecular weight excluding hydrogens is 240 g/mol. The molecule has 1 aromatic rings. The lowest BCUT2D eigenvalue weighted by Gasteiger charge is -2.21. The predicted molar refractivity (Wildman–Crippen MR) is 74.0 cm³/mol. The molecule has 4 nitrogen and oxygen atoms in total. The van der Waals surface area contributed by atoms with E-state index >= 15 is 0 Å². The van der Waals surface area contributed by atoms with Crippen LogP contribution in [-0.2, 0) is 4.79 Å². The molecule has 0 aliphatic rings. The lowest BCUT2D eigenvalue weighted by atomic mass is 10.1. The van der Waals surface area contributed by atoms with Gasteiger partial charge in [0, 0.05) is 5.54 Å². The highest BCUT2D eigenvalue weighted by Gasteiger charge is 2.15. The van der Waals surface area contributed by atoms with Gasteiger partial charge in [-0.1, -0.05) is 0 Å². The molecule has 4 heteroatoms. The Labute approximate surface area is 114 Å². The second-order valence-electron chi connectivity index (χ2n) is 5.64. The monoisotopic (exact) mass is 260 g/mol. The number of rotatable bonds is 3. The Balaban J connectivity index is 2.74. The van der Waals surface area contributed by atoms with E-state index in [4.69, 9.17) is 10.00 Å². The summed E-state index contributed by atoms with van der Waals surface area (Å²) >= 11 is 0. The zero-order valence-electron chi connectivity index (χ0n) is 12.1. The summed E-state index contributed by atoms with van der Waals surface area (Å²) in [6.07, 6.45) is 0. The van der Waals surface area contributed by atoms with Crippen molar-refractivity contribution in [3.8, 4) is 11.8 Å². The molecule has 0 aliphatic heterocycles. The summed E-state index contributed by atoms with van der Waals surface area (Å²) in [6.45, 7) is 9.47. The largest absolute Gasteiger partial charge is 0.483 e. The van der Waals surface area contributed by atoms with Gasteiger partial charge >= 0.3 is 0 Å². The Morgan fingerprint density at radius 1 is 1.32 bits per heavy atom. The minimum absolute atomic E-state index is 0.0230. The fourth-order valence-electron chi connectivity index (χ4n) is 1.83. The van der Waals surface area contributed by atoms with Crippen LogP contribution >= 0.6 is 0 Å². The number of nitrogens with zero attached hydrogens (tertiary/aromatic N) is 1. The highest BCUT2D eigenvalue weighted by Crippen LogP contribution is 2.24. The average molecular weight is 260 g/mol. The molecular formula is C15H20N2O2. The van der Waals surface area contributed by atoms with Gasteiger partial charge in [-0.2, -0.15) is 5.26 Å². The Bertz CT molecular complexity index is 499. The Morgan fingerprint density at radius 2 is 1.84 bits per heavy atom. The fourth-order valence-corrected chi connectivity index (χ4v) is 1.83. The Hall–Kier alpha value is -2.02. The number of aryl methyl sites for hydroxylation is 2. The van der Waals surface area contributed by atoms with Crippen molar-refractivity contribution in [1.29, 1.82) is 5.26 Å². The summed E-state index contributed by atoms with van der Waals surface area (Å²) < 4.78 is 5.55. The highest BCUT2D eigenvalue weighted by molar-refractivity contribution is 5.78. The molecule has 0 aliphatic carbocycles. The van der Waals surface area contributed by atoms with Crippen molar-refractivity contribution in [3.05, 3.63) is 28.8 Å². The van der Waals surface area contributed by atoms with Crippen molar-refractivity contribution >= 4 is 5.91 Å². The molecule has 0 spiro atoms. The Kier molecular flexibility index (Phi) is 4.55. The first-order valence-electron chi connectivity index (χ1n) is 6.18. The molecule has 0 radical (unpaired) electrons. The van der Waals surface area contributed by atoms with E-state index in [1.54, 1.807) is 12.1 Å². The normalized spacial score (nSPS) is 10.7. The lowest BCUT2D eigenvalue weighted by molar-refractivity contribution is -0.124. The van der Waals surface area contributed by atoms with Crippen LogP contribution < -0.4 is 10.1 Å². The van der Waals surface area contributed by atoms with Crippen LogP contribution in [0.25, 0.3) is 0 Å². The molecule has 19 heavy (non-hydrogen) atoms. The second kappa shape index (κ2) is 5.75. The molecule has 1 amide bonds. The van der Waals surface area contributed by atoms with Crippen LogP contribution in [0.4, 0.5) is 0 Å². The van der Waals surface area contributed by atoms with Crippen LogP contribution in [0.3, 0.4) is 0 Å². The van der Waals surface area contributed by atoms with E-state index < -0.39 is 0 Å². The number of hydrogen-bond donors (Lipinski definition) is 1. The maximum Gasteiger partial charge on any atom is 0.258 e. The zero-order valence-corrected chi connectivity index (χ0v) is 12.1. The molecule has 0 atom stereocenters. The number of nitriles is 1. The summed E-state index contributed by atoms with van der Waals surface area (Å²) in [5.41, 5.74) is 2.05. The van der Waals surface area contributed by atoms with E-state index in [9.17, 15) is 4.79 Å². The van der Waals surface area contributed by atoms with Crippen molar-refractivity contribution in [2.45, 2.75) is 40.2 Å². The molecule has 0 heterocycles. The van der Waals surface area contributed by atoms with E-state index in [-0.39, 0.29) is 18.1 Å². The molecule has 1 N–H and O–H groups in total. The van der Waals surface area contributed by atoms with Gasteiger partial charge in [-0.15, -0.1) is 0 Å². The molecule has 0 unspecified atom stereocenters. The van der Waals surface area contributed by atoms with Crippen LogP contribution in [0.2, 0.25) is 0 Å². The van der Waals surface area contributed by atoms with Gasteiger partial charge in [-0.25, -0.2) is 0 Å². The van der Waals surface area contributed by atoms with Gasteiger partial charge in [0.1, 0.15) is 5.75 Å². The zero-order chi connectivity index (χ0) is 14.6. The first-order chi connectivity index (χ1) is 8.73. The van der Waals surface area contributed by atoms with Crippen LogP contribution in [0.5, 0.6) is 5.75 Å². The van der Waals surface area contributed by atoms with Crippen molar-refractivity contribution in [2.75, 3.05) is 6.61 Å². The van der Waals surface area contributed by atoms with Crippen molar-refractivity contribution < 1.29 is 9.53 Å². The van der Waals surface area contributed by atoms with Gasteiger partial charge in [0.05, 0.1) is 11.6 Å². The SMILES string of the molecule is Cc1cc(C#N)cc(C)c1OCC(=O)NC(C)(C)C. The molecule has 0 saturated carbocycles. The highest BCUT2D eigenvalue weighted by atomic mass is 16.5. The summed E-state index contributed by atoms with van der Waals surface area (Å²) in [5, 5.41) is 11.7. The standard InChI is InChI=1S/C15H20N2O2/c1-10-6-12(8-16)7-11(2)14(10)19-9-13(18)17-15(3,4)5/h6-7H,9H2,1-5H3,(H,17,18). The van der Waals surface area contributed by atoms with Crippen LogP contribution in [0, 0.1) is 25.2 Å². The quantitative estimate of drug-likeness (QED) is 0.908. The fraction of sp³-hybridized carbons (Fsp3) is 0.467.